The Kier molecular flexibility index (Phi) is 3.73. The summed E-state index contributed by atoms with van der Waals surface area (Å²) in [6.45, 7) is 1.99. The molecule has 0 aromatic carbocycles. The quantitative estimate of drug-likeness (QED) is 0.857. The van der Waals surface area contributed by atoms with E-state index in [1.807, 2.05) is 0 Å². The van der Waals surface area contributed by atoms with Gasteiger partial charge in [0.15, 0.2) is 16.6 Å². The Bertz CT molecular complexity index is 547. The molecule has 2 aromatic rings. The molecule has 2 heterocycles. The van der Waals surface area contributed by atoms with Crippen molar-refractivity contribution in [1.29, 1.82) is 0 Å². The molecular weight excluding hydrogens is 256 g/mol. The predicted molar refractivity (Wildman–Crippen MR) is 64.7 cm³/mol. The number of hydrogen-bond acceptors (Lipinski definition) is 6. The van der Waals surface area contributed by atoms with Crippen molar-refractivity contribution in [1.82, 2.24) is 4.98 Å². The number of ether oxygens (including phenoxy) is 1. The van der Waals surface area contributed by atoms with Crippen molar-refractivity contribution >= 4 is 28.3 Å². The number of nitrogens with zero attached hydrogens (tertiary/aromatic N) is 1. The number of furan rings is 1. The van der Waals surface area contributed by atoms with Crippen LogP contribution in [-0.4, -0.2) is 23.5 Å². The zero-order valence-corrected chi connectivity index (χ0v) is 10.3. The maximum Gasteiger partial charge on any atom is 0.357 e. The molecule has 0 aliphatic carbocycles. The molecule has 0 aliphatic heterocycles. The Hall–Kier alpha value is -2.15. The first-order valence-corrected chi connectivity index (χ1v) is 6.06. The molecule has 0 saturated carbocycles. The number of carbonyl (C=O) groups excluding carboxylic acids is 2. The first kappa shape index (κ1) is 12.3. The highest BCUT2D eigenvalue weighted by Crippen LogP contribution is 2.17. The summed E-state index contributed by atoms with van der Waals surface area (Å²) >= 11 is 1.14. The van der Waals surface area contributed by atoms with Crippen molar-refractivity contribution in [2.75, 3.05) is 11.9 Å². The lowest BCUT2D eigenvalue weighted by molar-refractivity contribution is 0.0520. The van der Waals surface area contributed by atoms with Gasteiger partial charge in [-0.05, 0) is 19.1 Å². The van der Waals surface area contributed by atoms with Crippen LogP contribution in [0.4, 0.5) is 5.13 Å². The van der Waals surface area contributed by atoms with Crippen molar-refractivity contribution in [3.63, 3.8) is 0 Å². The molecule has 0 spiro atoms. The second kappa shape index (κ2) is 5.46. The lowest BCUT2D eigenvalue weighted by Gasteiger charge is -1.98. The summed E-state index contributed by atoms with van der Waals surface area (Å²) in [5.74, 6) is -0.736. The Morgan fingerprint density at radius 1 is 1.56 bits per heavy atom. The van der Waals surface area contributed by atoms with Crippen molar-refractivity contribution in [3.05, 3.63) is 35.2 Å². The van der Waals surface area contributed by atoms with Crippen LogP contribution < -0.4 is 5.32 Å². The van der Waals surface area contributed by atoms with E-state index in [1.54, 1.807) is 13.0 Å². The van der Waals surface area contributed by atoms with Gasteiger partial charge in [-0.3, -0.25) is 10.1 Å². The van der Waals surface area contributed by atoms with Crippen molar-refractivity contribution in [2.24, 2.45) is 0 Å². The molecule has 0 aliphatic rings. The van der Waals surface area contributed by atoms with Gasteiger partial charge in [0.25, 0.3) is 5.91 Å². The highest BCUT2D eigenvalue weighted by Gasteiger charge is 2.14. The molecule has 0 saturated heterocycles. The average molecular weight is 266 g/mol. The molecule has 1 amide bonds. The van der Waals surface area contributed by atoms with E-state index in [-0.39, 0.29) is 18.1 Å². The third-order valence-electron chi connectivity index (χ3n) is 1.95. The third kappa shape index (κ3) is 2.75. The van der Waals surface area contributed by atoms with Crippen molar-refractivity contribution < 1.29 is 18.7 Å². The second-order valence-corrected chi connectivity index (χ2v) is 4.05. The van der Waals surface area contributed by atoms with Gasteiger partial charge < -0.3 is 9.15 Å². The lowest BCUT2D eigenvalue weighted by atomic mass is 10.4. The molecule has 0 unspecified atom stereocenters. The van der Waals surface area contributed by atoms with Gasteiger partial charge in [0.05, 0.1) is 12.9 Å². The number of esters is 1. The smallest absolute Gasteiger partial charge is 0.357 e. The van der Waals surface area contributed by atoms with Gasteiger partial charge >= 0.3 is 5.97 Å². The second-order valence-electron chi connectivity index (χ2n) is 3.19. The Balaban J connectivity index is 2.03. The minimum absolute atomic E-state index is 0.177. The van der Waals surface area contributed by atoms with E-state index in [2.05, 4.69) is 10.3 Å². The molecule has 0 bridgehead atoms. The van der Waals surface area contributed by atoms with Gasteiger partial charge in [-0.25, -0.2) is 9.78 Å². The Labute approximate surface area is 107 Å². The molecule has 7 heteroatoms. The maximum absolute atomic E-state index is 11.6. The zero-order valence-electron chi connectivity index (χ0n) is 9.50. The largest absolute Gasteiger partial charge is 0.461 e. The fraction of sp³-hybridized carbons (Fsp3) is 0.182. The van der Waals surface area contributed by atoms with Gasteiger partial charge in [0, 0.05) is 5.38 Å². The number of carbonyl (C=O) groups is 2. The monoisotopic (exact) mass is 266 g/mol. The molecule has 94 valence electrons. The van der Waals surface area contributed by atoms with E-state index in [4.69, 9.17) is 9.15 Å². The number of aromatic nitrogens is 1. The van der Waals surface area contributed by atoms with Crippen LogP contribution in [0.15, 0.2) is 28.2 Å². The maximum atomic E-state index is 11.6. The fourth-order valence-corrected chi connectivity index (χ4v) is 1.87. The van der Waals surface area contributed by atoms with E-state index >= 15 is 0 Å². The van der Waals surface area contributed by atoms with E-state index < -0.39 is 11.9 Å². The topological polar surface area (TPSA) is 81.4 Å². The Morgan fingerprint density at radius 3 is 3.06 bits per heavy atom. The van der Waals surface area contributed by atoms with E-state index in [0.29, 0.717) is 5.13 Å². The number of hydrogen-bond donors (Lipinski definition) is 1. The van der Waals surface area contributed by atoms with Crippen LogP contribution in [0.25, 0.3) is 0 Å². The number of amides is 1. The van der Waals surface area contributed by atoms with Crippen molar-refractivity contribution in [3.8, 4) is 0 Å². The zero-order chi connectivity index (χ0) is 13.0. The van der Waals surface area contributed by atoms with Crippen LogP contribution in [-0.2, 0) is 4.74 Å². The van der Waals surface area contributed by atoms with Crippen LogP contribution >= 0.6 is 11.3 Å². The molecule has 1 N–H and O–H groups in total. The van der Waals surface area contributed by atoms with Gasteiger partial charge in [-0.15, -0.1) is 11.3 Å². The highest BCUT2D eigenvalue weighted by molar-refractivity contribution is 7.14. The first-order valence-electron chi connectivity index (χ1n) is 5.18. The molecule has 0 radical (unpaired) electrons. The van der Waals surface area contributed by atoms with Gasteiger partial charge in [0.2, 0.25) is 0 Å². The molecule has 0 atom stereocenters. The number of nitrogens with one attached hydrogen (secondary N) is 1. The van der Waals surface area contributed by atoms with Crippen LogP contribution in [0.2, 0.25) is 0 Å². The van der Waals surface area contributed by atoms with Crippen LogP contribution in [0.5, 0.6) is 0 Å². The van der Waals surface area contributed by atoms with Gasteiger partial charge in [0.1, 0.15) is 0 Å². The third-order valence-corrected chi connectivity index (χ3v) is 2.71. The Morgan fingerprint density at radius 2 is 2.39 bits per heavy atom. The number of rotatable bonds is 4. The summed E-state index contributed by atoms with van der Waals surface area (Å²) < 4.78 is 9.73. The van der Waals surface area contributed by atoms with Crippen LogP contribution in [0, 0.1) is 0 Å². The summed E-state index contributed by atoms with van der Waals surface area (Å²) in [7, 11) is 0. The summed E-state index contributed by atoms with van der Waals surface area (Å²) in [6, 6.07) is 3.15. The summed E-state index contributed by atoms with van der Waals surface area (Å²) in [4.78, 5) is 26.9. The van der Waals surface area contributed by atoms with Crippen LogP contribution in [0.3, 0.4) is 0 Å². The molecule has 18 heavy (non-hydrogen) atoms. The lowest BCUT2D eigenvalue weighted by Crippen LogP contribution is -2.11. The van der Waals surface area contributed by atoms with E-state index in [0.717, 1.165) is 11.3 Å². The van der Waals surface area contributed by atoms with Gasteiger partial charge in [-0.1, -0.05) is 0 Å². The van der Waals surface area contributed by atoms with Crippen molar-refractivity contribution in [2.45, 2.75) is 6.92 Å². The predicted octanol–water partition coefficient (Wildman–Crippen LogP) is 2.17. The number of thiazole rings is 1. The minimum Gasteiger partial charge on any atom is -0.461 e. The molecule has 2 rings (SSSR count). The van der Waals surface area contributed by atoms with E-state index in [9.17, 15) is 9.59 Å². The molecular formula is C11H10N2O4S. The molecule has 6 nitrogen and oxygen atoms in total. The SMILES string of the molecule is CCOC(=O)c1csc(NC(=O)c2ccco2)n1. The number of anilines is 1. The summed E-state index contributed by atoms with van der Waals surface area (Å²) in [5.41, 5.74) is 0.177. The average Bonchev–Trinajstić information content (AvgIpc) is 2.99. The summed E-state index contributed by atoms with van der Waals surface area (Å²) in [5, 5.41) is 4.37. The molecule has 0 fully saturated rings. The highest BCUT2D eigenvalue weighted by atomic mass is 32.1. The standard InChI is InChI=1S/C11H10N2O4S/c1-2-16-10(15)7-6-18-11(12-7)13-9(14)8-4-3-5-17-8/h3-6H,2H2,1H3,(H,12,13,14). The summed E-state index contributed by atoms with van der Waals surface area (Å²) in [6.07, 6.45) is 1.40. The first-order chi connectivity index (χ1) is 8.70. The van der Waals surface area contributed by atoms with Crippen LogP contribution in [0.1, 0.15) is 28.0 Å². The van der Waals surface area contributed by atoms with Gasteiger partial charge in [-0.2, -0.15) is 0 Å². The fourth-order valence-electron chi connectivity index (χ4n) is 1.20. The molecule has 2 aromatic heterocycles. The van der Waals surface area contributed by atoms with E-state index in [1.165, 1.54) is 17.7 Å². The normalized spacial score (nSPS) is 10.1. The minimum atomic E-state index is -0.507.